The average Bonchev–Trinajstić information content (AvgIpc) is 3.22. The second kappa shape index (κ2) is 9.63. The first-order chi connectivity index (χ1) is 13.7. The van der Waals surface area contributed by atoms with Crippen LogP contribution in [-0.2, 0) is 11.2 Å². The van der Waals surface area contributed by atoms with Gasteiger partial charge >= 0.3 is 0 Å². The molecule has 1 aliphatic heterocycles. The molecule has 0 radical (unpaired) electrons. The SMILES string of the molecule is CC[C@H](c1ccccc1)[C@@H]1CCCN1C(=O)CCc1cc(OC)cc(OC)c1. The third-order valence-electron chi connectivity index (χ3n) is 5.79. The van der Waals surface area contributed by atoms with Crippen LogP contribution in [0.1, 0.15) is 49.7 Å². The summed E-state index contributed by atoms with van der Waals surface area (Å²) in [5, 5.41) is 0. The van der Waals surface area contributed by atoms with E-state index in [-0.39, 0.29) is 5.91 Å². The normalized spacial score (nSPS) is 17.4. The lowest BCUT2D eigenvalue weighted by atomic mass is 9.87. The van der Waals surface area contributed by atoms with E-state index >= 15 is 0 Å². The number of hydrogen-bond donors (Lipinski definition) is 0. The van der Waals surface area contributed by atoms with Gasteiger partial charge in [0, 0.05) is 31.0 Å². The molecule has 4 nitrogen and oxygen atoms in total. The molecule has 0 aliphatic carbocycles. The zero-order chi connectivity index (χ0) is 19.9. The van der Waals surface area contributed by atoms with E-state index < -0.39 is 0 Å². The number of aryl methyl sites for hydroxylation is 1. The van der Waals surface area contributed by atoms with Crippen molar-refractivity contribution in [1.29, 1.82) is 0 Å². The predicted molar refractivity (Wildman–Crippen MR) is 112 cm³/mol. The topological polar surface area (TPSA) is 38.8 Å². The molecule has 2 aromatic carbocycles. The van der Waals surface area contributed by atoms with Crippen molar-refractivity contribution in [1.82, 2.24) is 4.90 Å². The van der Waals surface area contributed by atoms with E-state index in [0.29, 0.717) is 24.8 Å². The minimum Gasteiger partial charge on any atom is -0.497 e. The first kappa shape index (κ1) is 20.2. The van der Waals surface area contributed by atoms with Crippen LogP contribution in [0.15, 0.2) is 48.5 Å². The van der Waals surface area contributed by atoms with Crippen LogP contribution in [-0.4, -0.2) is 37.6 Å². The minimum absolute atomic E-state index is 0.249. The van der Waals surface area contributed by atoms with E-state index in [9.17, 15) is 4.79 Å². The molecule has 1 aliphatic rings. The summed E-state index contributed by atoms with van der Waals surface area (Å²) in [7, 11) is 3.29. The highest BCUT2D eigenvalue weighted by Crippen LogP contribution is 2.34. The quantitative estimate of drug-likeness (QED) is 0.658. The fraction of sp³-hybridized carbons (Fsp3) is 0.458. The number of hydrogen-bond acceptors (Lipinski definition) is 3. The summed E-state index contributed by atoms with van der Waals surface area (Å²) < 4.78 is 10.7. The zero-order valence-electron chi connectivity index (χ0n) is 17.2. The van der Waals surface area contributed by atoms with Crippen LogP contribution >= 0.6 is 0 Å². The van der Waals surface area contributed by atoms with Gasteiger partial charge < -0.3 is 14.4 Å². The molecule has 0 spiro atoms. The standard InChI is InChI=1S/C24H31NO3/c1-4-22(19-9-6-5-7-10-19)23-11-8-14-25(23)24(26)13-12-18-15-20(27-2)17-21(16-18)28-3/h5-7,9-10,15-17,22-23H,4,8,11-14H2,1-3H3/t22-,23+/m1/s1. The zero-order valence-corrected chi connectivity index (χ0v) is 17.2. The molecule has 1 amide bonds. The molecule has 150 valence electrons. The minimum atomic E-state index is 0.249. The average molecular weight is 382 g/mol. The summed E-state index contributed by atoms with van der Waals surface area (Å²) in [6, 6.07) is 16.7. The van der Waals surface area contributed by atoms with Gasteiger partial charge in [0.2, 0.25) is 5.91 Å². The van der Waals surface area contributed by atoms with Gasteiger partial charge in [-0.25, -0.2) is 0 Å². The number of ether oxygens (including phenoxy) is 2. The van der Waals surface area contributed by atoms with Crippen molar-refractivity contribution >= 4 is 5.91 Å². The van der Waals surface area contributed by atoms with Gasteiger partial charge in [0.1, 0.15) is 11.5 Å². The maximum Gasteiger partial charge on any atom is 0.223 e. The Balaban J connectivity index is 1.68. The molecule has 1 saturated heterocycles. The van der Waals surface area contributed by atoms with Crippen LogP contribution < -0.4 is 9.47 Å². The van der Waals surface area contributed by atoms with Crippen molar-refractivity contribution in [2.45, 2.75) is 51.0 Å². The molecular formula is C24H31NO3. The van der Waals surface area contributed by atoms with E-state index in [4.69, 9.17) is 9.47 Å². The first-order valence-electron chi connectivity index (χ1n) is 10.2. The lowest BCUT2D eigenvalue weighted by Crippen LogP contribution is -2.39. The molecule has 1 fully saturated rings. The number of rotatable bonds is 8. The lowest BCUT2D eigenvalue weighted by Gasteiger charge is -2.32. The summed E-state index contributed by atoms with van der Waals surface area (Å²) in [5.74, 6) is 2.18. The number of likely N-dealkylation sites (tertiary alicyclic amines) is 1. The molecular weight excluding hydrogens is 350 g/mol. The van der Waals surface area contributed by atoms with Crippen LogP contribution in [0.2, 0.25) is 0 Å². The molecule has 0 saturated carbocycles. The van der Waals surface area contributed by atoms with E-state index in [1.807, 2.05) is 18.2 Å². The summed E-state index contributed by atoms with van der Waals surface area (Å²) in [4.78, 5) is 15.2. The highest BCUT2D eigenvalue weighted by Gasteiger charge is 2.34. The van der Waals surface area contributed by atoms with Gasteiger partial charge in [-0.3, -0.25) is 4.79 Å². The highest BCUT2D eigenvalue weighted by atomic mass is 16.5. The van der Waals surface area contributed by atoms with Crippen LogP contribution in [0.4, 0.5) is 0 Å². The van der Waals surface area contributed by atoms with E-state index in [1.165, 1.54) is 5.56 Å². The molecule has 0 aromatic heterocycles. The van der Waals surface area contributed by atoms with Crippen molar-refractivity contribution in [3.8, 4) is 11.5 Å². The molecule has 2 aromatic rings. The summed E-state index contributed by atoms with van der Waals surface area (Å²) in [6.45, 7) is 3.09. The Morgan fingerprint density at radius 1 is 1.11 bits per heavy atom. The summed E-state index contributed by atoms with van der Waals surface area (Å²) in [6.07, 6.45) is 4.43. The fourth-order valence-corrected chi connectivity index (χ4v) is 4.36. The molecule has 3 rings (SSSR count). The second-order valence-electron chi connectivity index (χ2n) is 7.44. The molecule has 1 heterocycles. The third-order valence-corrected chi connectivity index (χ3v) is 5.79. The number of benzene rings is 2. The maximum absolute atomic E-state index is 13.1. The monoisotopic (exact) mass is 381 g/mol. The van der Waals surface area contributed by atoms with Crippen molar-refractivity contribution in [2.75, 3.05) is 20.8 Å². The smallest absolute Gasteiger partial charge is 0.223 e. The number of amides is 1. The maximum atomic E-state index is 13.1. The molecule has 4 heteroatoms. The Morgan fingerprint density at radius 2 is 1.79 bits per heavy atom. The van der Waals surface area contributed by atoms with E-state index in [1.54, 1.807) is 14.2 Å². The van der Waals surface area contributed by atoms with Crippen molar-refractivity contribution in [3.05, 3.63) is 59.7 Å². The molecule has 0 bridgehead atoms. The molecule has 2 atom stereocenters. The van der Waals surface area contributed by atoms with Crippen LogP contribution in [0, 0.1) is 0 Å². The number of carbonyl (C=O) groups is 1. The second-order valence-corrected chi connectivity index (χ2v) is 7.44. The van der Waals surface area contributed by atoms with Crippen LogP contribution in [0.3, 0.4) is 0 Å². The van der Waals surface area contributed by atoms with E-state index in [2.05, 4.69) is 42.2 Å². The number of carbonyl (C=O) groups excluding carboxylic acids is 1. The first-order valence-corrected chi connectivity index (χ1v) is 10.2. The third kappa shape index (κ3) is 4.67. The summed E-state index contributed by atoms with van der Waals surface area (Å²) >= 11 is 0. The van der Waals surface area contributed by atoms with Gasteiger partial charge in [-0.05, 0) is 48.9 Å². The van der Waals surface area contributed by atoms with Crippen molar-refractivity contribution in [2.24, 2.45) is 0 Å². The fourth-order valence-electron chi connectivity index (χ4n) is 4.36. The number of nitrogens with zero attached hydrogens (tertiary/aromatic N) is 1. The van der Waals surface area contributed by atoms with Gasteiger partial charge in [0.15, 0.2) is 0 Å². The van der Waals surface area contributed by atoms with Gasteiger partial charge in [-0.15, -0.1) is 0 Å². The van der Waals surface area contributed by atoms with E-state index in [0.717, 1.165) is 42.9 Å². The predicted octanol–water partition coefficient (Wildman–Crippen LogP) is 4.82. The Bertz CT molecular complexity index is 752. The van der Waals surface area contributed by atoms with Crippen LogP contribution in [0.25, 0.3) is 0 Å². The summed E-state index contributed by atoms with van der Waals surface area (Å²) in [5.41, 5.74) is 2.41. The highest BCUT2D eigenvalue weighted by molar-refractivity contribution is 5.77. The van der Waals surface area contributed by atoms with Gasteiger partial charge in [0.25, 0.3) is 0 Å². The van der Waals surface area contributed by atoms with Gasteiger partial charge in [-0.1, -0.05) is 37.3 Å². The lowest BCUT2D eigenvalue weighted by molar-refractivity contribution is -0.132. The Kier molecular flexibility index (Phi) is 6.96. The van der Waals surface area contributed by atoms with Crippen molar-refractivity contribution < 1.29 is 14.3 Å². The largest absolute Gasteiger partial charge is 0.497 e. The Morgan fingerprint density at radius 3 is 2.39 bits per heavy atom. The van der Waals surface area contributed by atoms with Gasteiger partial charge in [-0.2, -0.15) is 0 Å². The molecule has 0 unspecified atom stereocenters. The molecule has 0 N–H and O–H groups in total. The van der Waals surface area contributed by atoms with Crippen molar-refractivity contribution in [3.63, 3.8) is 0 Å². The Hall–Kier alpha value is -2.49. The van der Waals surface area contributed by atoms with Crippen LogP contribution in [0.5, 0.6) is 11.5 Å². The molecule has 28 heavy (non-hydrogen) atoms. The van der Waals surface area contributed by atoms with Gasteiger partial charge in [0.05, 0.1) is 14.2 Å². The number of methoxy groups -OCH3 is 2. The Labute approximate surface area is 168 Å².